The van der Waals surface area contributed by atoms with Gasteiger partial charge >= 0.3 is 0 Å². The minimum Gasteiger partial charge on any atom is -0.392 e. The minimum atomic E-state index is -3.52. The average molecular weight is 318 g/mol. The maximum Gasteiger partial charge on any atom is 0.243 e. The van der Waals surface area contributed by atoms with Gasteiger partial charge in [-0.15, -0.1) is 0 Å². The van der Waals surface area contributed by atoms with Gasteiger partial charge in [0.2, 0.25) is 10.0 Å². The Morgan fingerprint density at radius 3 is 2.70 bits per heavy atom. The van der Waals surface area contributed by atoms with Gasteiger partial charge in [0.05, 0.1) is 11.5 Å². The van der Waals surface area contributed by atoms with Gasteiger partial charge in [0, 0.05) is 17.6 Å². The second-order valence-corrected chi connectivity index (χ2v) is 7.80. The quantitative estimate of drug-likeness (QED) is 0.932. The van der Waals surface area contributed by atoms with Gasteiger partial charge < -0.3 is 5.11 Å². The van der Waals surface area contributed by atoms with E-state index in [1.165, 1.54) is 18.2 Å². The van der Waals surface area contributed by atoms with Gasteiger partial charge in [0.25, 0.3) is 0 Å². The molecule has 0 bridgehead atoms. The summed E-state index contributed by atoms with van der Waals surface area (Å²) < 4.78 is 26.9. The van der Waals surface area contributed by atoms with Crippen molar-refractivity contribution in [1.82, 2.24) is 4.31 Å². The third-order valence-electron chi connectivity index (χ3n) is 3.87. The van der Waals surface area contributed by atoms with Crippen LogP contribution in [0, 0.1) is 5.92 Å². The number of hydrogen-bond acceptors (Lipinski definition) is 3. The fraction of sp³-hybridized carbons (Fsp3) is 0.571. The fourth-order valence-electron chi connectivity index (χ4n) is 2.71. The molecule has 0 amide bonds. The Kier molecular flexibility index (Phi) is 4.74. The van der Waals surface area contributed by atoms with Gasteiger partial charge in [-0.1, -0.05) is 18.5 Å². The Morgan fingerprint density at radius 1 is 1.40 bits per heavy atom. The number of hydrogen-bond donors (Lipinski definition) is 1. The zero-order chi connectivity index (χ0) is 14.9. The van der Waals surface area contributed by atoms with Crippen molar-refractivity contribution in [3.63, 3.8) is 0 Å². The van der Waals surface area contributed by atoms with Crippen LogP contribution in [0.4, 0.5) is 0 Å². The lowest BCUT2D eigenvalue weighted by Crippen LogP contribution is -2.44. The summed E-state index contributed by atoms with van der Waals surface area (Å²) in [5, 5.41) is 9.59. The summed E-state index contributed by atoms with van der Waals surface area (Å²) in [6.45, 7) is 4.36. The molecule has 1 aliphatic rings. The first-order chi connectivity index (χ1) is 9.36. The first kappa shape index (κ1) is 15.8. The van der Waals surface area contributed by atoms with E-state index in [1.807, 2.05) is 6.92 Å². The van der Waals surface area contributed by atoms with Crippen molar-refractivity contribution in [1.29, 1.82) is 0 Å². The van der Waals surface area contributed by atoms with Crippen LogP contribution in [0.2, 0.25) is 5.02 Å². The number of benzene rings is 1. The van der Waals surface area contributed by atoms with Crippen LogP contribution in [0.1, 0.15) is 32.3 Å². The van der Waals surface area contributed by atoms with E-state index < -0.39 is 10.0 Å². The number of halogens is 1. The third kappa shape index (κ3) is 3.01. The lowest BCUT2D eigenvalue weighted by atomic mass is 9.95. The summed E-state index contributed by atoms with van der Waals surface area (Å²) in [4.78, 5) is 0.201. The predicted octanol–water partition coefficient (Wildman–Crippen LogP) is 2.64. The zero-order valence-corrected chi connectivity index (χ0v) is 13.3. The SMILES string of the molecule is CC1CCN(S(=O)(=O)c2ccc(Cl)c(CO)c2)C(C)C1. The first-order valence-electron chi connectivity index (χ1n) is 6.77. The molecule has 1 fully saturated rings. The zero-order valence-electron chi connectivity index (χ0n) is 11.7. The van der Waals surface area contributed by atoms with Gasteiger partial charge in [-0.05, 0) is 49.4 Å². The first-order valence-corrected chi connectivity index (χ1v) is 8.59. The van der Waals surface area contributed by atoms with Gasteiger partial charge in [-0.2, -0.15) is 4.31 Å². The molecule has 0 spiro atoms. The van der Waals surface area contributed by atoms with E-state index in [2.05, 4.69) is 6.92 Å². The summed E-state index contributed by atoms with van der Waals surface area (Å²) in [6, 6.07) is 4.48. The van der Waals surface area contributed by atoms with E-state index >= 15 is 0 Å². The molecule has 2 atom stereocenters. The maximum atomic E-state index is 12.7. The highest BCUT2D eigenvalue weighted by molar-refractivity contribution is 7.89. The molecule has 6 heteroatoms. The van der Waals surface area contributed by atoms with Crippen molar-refractivity contribution in [2.24, 2.45) is 5.92 Å². The standard InChI is InChI=1S/C14H20ClNO3S/c1-10-5-6-16(11(2)7-10)20(18,19)13-3-4-14(15)12(8-13)9-17/h3-4,8,10-11,17H,5-7,9H2,1-2H3. The van der Waals surface area contributed by atoms with Crippen LogP contribution in [0.3, 0.4) is 0 Å². The van der Waals surface area contributed by atoms with E-state index in [0.717, 1.165) is 12.8 Å². The van der Waals surface area contributed by atoms with Crippen LogP contribution >= 0.6 is 11.6 Å². The Morgan fingerprint density at radius 2 is 2.10 bits per heavy atom. The van der Waals surface area contributed by atoms with Crippen LogP contribution in [0.15, 0.2) is 23.1 Å². The predicted molar refractivity (Wildman–Crippen MR) is 79.1 cm³/mol. The lowest BCUT2D eigenvalue weighted by molar-refractivity contribution is 0.220. The highest BCUT2D eigenvalue weighted by atomic mass is 35.5. The Bertz CT molecular complexity index is 588. The second kappa shape index (κ2) is 6.02. The summed E-state index contributed by atoms with van der Waals surface area (Å²) in [6.07, 6.45) is 1.75. The summed E-state index contributed by atoms with van der Waals surface area (Å²) in [5.41, 5.74) is 0.436. The summed E-state index contributed by atoms with van der Waals surface area (Å²) in [7, 11) is -3.52. The number of piperidine rings is 1. The minimum absolute atomic E-state index is 0.00277. The monoisotopic (exact) mass is 317 g/mol. The van der Waals surface area contributed by atoms with E-state index in [4.69, 9.17) is 11.6 Å². The molecule has 1 saturated heterocycles. The second-order valence-electron chi connectivity index (χ2n) is 5.51. The molecule has 0 radical (unpaired) electrons. The van der Waals surface area contributed by atoms with Crippen LogP contribution in [0.25, 0.3) is 0 Å². The van der Waals surface area contributed by atoms with Gasteiger partial charge in [0.15, 0.2) is 0 Å². The largest absolute Gasteiger partial charge is 0.392 e. The molecule has 2 unspecified atom stereocenters. The Hall–Kier alpha value is -0.620. The number of sulfonamides is 1. The molecule has 1 aliphatic heterocycles. The molecule has 0 aromatic heterocycles. The fourth-order valence-corrected chi connectivity index (χ4v) is 4.60. The number of nitrogens with zero attached hydrogens (tertiary/aromatic N) is 1. The van der Waals surface area contributed by atoms with Crippen LogP contribution in [0.5, 0.6) is 0 Å². The molecule has 1 heterocycles. The molecule has 4 nitrogen and oxygen atoms in total. The van der Waals surface area contributed by atoms with Crippen molar-refractivity contribution in [2.75, 3.05) is 6.54 Å². The topological polar surface area (TPSA) is 57.6 Å². The van der Waals surface area contributed by atoms with Gasteiger partial charge in [-0.3, -0.25) is 0 Å². The highest BCUT2D eigenvalue weighted by Gasteiger charge is 2.33. The Labute approximate surface area is 125 Å². The van der Waals surface area contributed by atoms with Crippen molar-refractivity contribution >= 4 is 21.6 Å². The molecular formula is C14H20ClNO3S. The van der Waals surface area contributed by atoms with Crippen molar-refractivity contribution in [2.45, 2.75) is 44.2 Å². The lowest BCUT2D eigenvalue weighted by Gasteiger charge is -2.35. The molecule has 0 aliphatic carbocycles. The van der Waals surface area contributed by atoms with Crippen molar-refractivity contribution in [3.05, 3.63) is 28.8 Å². The van der Waals surface area contributed by atoms with E-state index in [1.54, 1.807) is 4.31 Å². The average Bonchev–Trinajstić information content (AvgIpc) is 2.38. The van der Waals surface area contributed by atoms with Crippen LogP contribution in [-0.4, -0.2) is 30.4 Å². The number of rotatable bonds is 3. The van der Waals surface area contributed by atoms with Crippen molar-refractivity contribution < 1.29 is 13.5 Å². The molecule has 1 aromatic rings. The van der Waals surface area contributed by atoms with E-state index in [-0.39, 0.29) is 17.5 Å². The molecule has 1 N–H and O–H groups in total. The summed E-state index contributed by atoms with van der Waals surface area (Å²) in [5.74, 6) is 0.551. The molecule has 1 aromatic carbocycles. The van der Waals surface area contributed by atoms with E-state index in [0.29, 0.717) is 23.0 Å². The van der Waals surface area contributed by atoms with Crippen LogP contribution in [-0.2, 0) is 16.6 Å². The molecule has 112 valence electrons. The molecule has 20 heavy (non-hydrogen) atoms. The molecule has 0 saturated carbocycles. The highest BCUT2D eigenvalue weighted by Crippen LogP contribution is 2.29. The molecule has 2 rings (SSSR count). The third-order valence-corrected chi connectivity index (χ3v) is 6.25. The van der Waals surface area contributed by atoms with Gasteiger partial charge in [-0.25, -0.2) is 8.42 Å². The number of aliphatic hydroxyl groups is 1. The maximum absolute atomic E-state index is 12.7. The smallest absolute Gasteiger partial charge is 0.243 e. The Balaban J connectivity index is 2.35. The van der Waals surface area contributed by atoms with Gasteiger partial charge in [0.1, 0.15) is 0 Å². The van der Waals surface area contributed by atoms with Crippen molar-refractivity contribution in [3.8, 4) is 0 Å². The van der Waals surface area contributed by atoms with Crippen LogP contribution < -0.4 is 0 Å². The normalized spacial score (nSPS) is 24.8. The summed E-state index contributed by atoms with van der Waals surface area (Å²) >= 11 is 5.91. The molecular weight excluding hydrogens is 298 g/mol. The number of aliphatic hydroxyl groups excluding tert-OH is 1. The van der Waals surface area contributed by atoms with E-state index in [9.17, 15) is 13.5 Å².